The Morgan fingerprint density at radius 1 is 1.05 bits per heavy atom. The topological polar surface area (TPSA) is 3.24 Å². The third-order valence-electron chi connectivity index (χ3n) is 3.64. The van der Waals surface area contributed by atoms with Crippen LogP contribution in [0.25, 0.3) is 0 Å². The van der Waals surface area contributed by atoms with Crippen molar-refractivity contribution in [3.8, 4) is 0 Å². The molecule has 0 N–H and O–H groups in total. The van der Waals surface area contributed by atoms with Gasteiger partial charge in [-0.05, 0) is 18.0 Å². The first kappa shape index (κ1) is 21.6. The molecule has 0 atom stereocenters. The maximum atomic E-state index is 3.37. The van der Waals surface area contributed by atoms with E-state index in [1.54, 1.807) is 0 Å². The molecule has 2 aromatic carbocycles. The number of benzene rings is 2. The van der Waals surface area contributed by atoms with Gasteiger partial charge >= 0.3 is 23.1 Å². The molecule has 1 nitrogen and oxygen atoms in total. The second-order valence-electron chi connectivity index (χ2n) is 5.59. The van der Waals surface area contributed by atoms with E-state index < -0.39 is 0 Å². The Labute approximate surface area is 162 Å². The molecule has 0 saturated heterocycles. The summed E-state index contributed by atoms with van der Waals surface area (Å²) in [5.41, 5.74) is 4.05. The SMILES string of the molecule is CCN(Cc1[c-]ccc(C(C)C)c1)Cc1ccccc1.[Br-].[Mg+2]. The van der Waals surface area contributed by atoms with Gasteiger partial charge in [0.2, 0.25) is 0 Å². The Bertz CT molecular complexity index is 528. The first-order valence-corrected chi connectivity index (χ1v) is 7.45. The zero-order chi connectivity index (χ0) is 14.4. The molecule has 0 aromatic heterocycles. The Hall–Kier alpha value is -0.354. The number of halogens is 1. The van der Waals surface area contributed by atoms with Crippen LogP contribution < -0.4 is 17.0 Å². The predicted molar refractivity (Wildman–Crippen MR) is 91.4 cm³/mol. The summed E-state index contributed by atoms with van der Waals surface area (Å²) in [7, 11) is 0. The van der Waals surface area contributed by atoms with Crippen LogP contribution in [0, 0.1) is 6.07 Å². The molecule has 0 aliphatic heterocycles. The molecule has 0 aliphatic rings. The Morgan fingerprint density at radius 2 is 1.73 bits per heavy atom. The minimum Gasteiger partial charge on any atom is -1.00 e. The van der Waals surface area contributed by atoms with Gasteiger partial charge in [-0.15, -0.1) is 5.56 Å². The summed E-state index contributed by atoms with van der Waals surface area (Å²) < 4.78 is 0. The van der Waals surface area contributed by atoms with Gasteiger partial charge in [0.15, 0.2) is 0 Å². The summed E-state index contributed by atoms with van der Waals surface area (Å²) in [5, 5.41) is 0. The van der Waals surface area contributed by atoms with Gasteiger partial charge in [0, 0.05) is 13.1 Å². The van der Waals surface area contributed by atoms with Crippen LogP contribution in [0.15, 0.2) is 48.5 Å². The Kier molecular flexibility index (Phi) is 11.0. The maximum Gasteiger partial charge on any atom is 2.00 e. The molecule has 22 heavy (non-hydrogen) atoms. The van der Waals surface area contributed by atoms with Crippen LogP contribution in [0.4, 0.5) is 0 Å². The minimum atomic E-state index is 0. The van der Waals surface area contributed by atoms with Crippen molar-refractivity contribution in [1.82, 2.24) is 4.90 Å². The van der Waals surface area contributed by atoms with Gasteiger partial charge in [-0.2, -0.15) is 29.8 Å². The van der Waals surface area contributed by atoms with Crippen LogP contribution in [0.5, 0.6) is 0 Å². The summed E-state index contributed by atoms with van der Waals surface area (Å²) in [5.74, 6) is 0.576. The maximum absolute atomic E-state index is 3.37. The van der Waals surface area contributed by atoms with Crippen LogP contribution in [0.1, 0.15) is 43.4 Å². The van der Waals surface area contributed by atoms with Crippen LogP contribution >= 0.6 is 0 Å². The number of nitrogens with zero attached hydrogens (tertiary/aromatic N) is 1. The van der Waals surface area contributed by atoms with Crippen molar-refractivity contribution in [2.24, 2.45) is 0 Å². The molecule has 2 rings (SSSR count). The van der Waals surface area contributed by atoms with Crippen LogP contribution in [0.3, 0.4) is 0 Å². The van der Waals surface area contributed by atoms with Gasteiger partial charge in [0.25, 0.3) is 0 Å². The van der Waals surface area contributed by atoms with Gasteiger partial charge in [-0.1, -0.05) is 51.1 Å². The molecule has 0 fully saturated rings. The molecule has 0 aliphatic carbocycles. The first-order valence-electron chi connectivity index (χ1n) is 7.45. The molecule has 0 amide bonds. The zero-order valence-corrected chi connectivity index (χ0v) is 16.8. The van der Waals surface area contributed by atoms with Crippen LogP contribution in [-0.4, -0.2) is 34.5 Å². The van der Waals surface area contributed by atoms with Gasteiger partial charge in [0.05, 0.1) is 0 Å². The minimum absolute atomic E-state index is 0. The van der Waals surface area contributed by atoms with Gasteiger partial charge < -0.3 is 17.0 Å². The first-order chi connectivity index (χ1) is 9.69. The zero-order valence-electron chi connectivity index (χ0n) is 13.8. The van der Waals surface area contributed by atoms with E-state index in [-0.39, 0.29) is 40.0 Å². The van der Waals surface area contributed by atoms with Crippen molar-refractivity contribution in [3.05, 3.63) is 71.3 Å². The largest absolute Gasteiger partial charge is 2.00 e. The monoisotopic (exact) mass is 369 g/mol. The summed E-state index contributed by atoms with van der Waals surface area (Å²) in [6.45, 7) is 9.70. The van der Waals surface area contributed by atoms with E-state index in [9.17, 15) is 0 Å². The third kappa shape index (κ3) is 6.82. The summed E-state index contributed by atoms with van der Waals surface area (Å²) in [4.78, 5) is 2.45. The van der Waals surface area contributed by atoms with Crippen molar-refractivity contribution in [1.29, 1.82) is 0 Å². The molecular weight excluding hydrogens is 346 g/mol. The second kappa shape index (κ2) is 11.2. The number of hydrogen-bond acceptors (Lipinski definition) is 1. The van der Waals surface area contributed by atoms with E-state index in [0.29, 0.717) is 5.92 Å². The van der Waals surface area contributed by atoms with Crippen LogP contribution in [0.2, 0.25) is 0 Å². The van der Waals surface area contributed by atoms with Gasteiger partial charge in [-0.25, -0.2) is 0 Å². The number of rotatable bonds is 6. The fourth-order valence-electron chi connectivity index (χ4n) is 2.35. The summed E-state index contributed by atoms with van der Waals surface area (Å²) >= 11 is 0. The average molecular weight is 371 g/mol. The average Bonchev–Trinajstić information content (AvgIpc) is 2.48. The van der Waals surface area contributed by atoms with E-state index in [0.717, 1.165) is 19.6 Å². The van der Waals surface area contributed by atoms with Gasteiger partial charge in [0.1, 0.15) is 0 Å². The normalized spacial score (nSPS) is 10.2. The molecule has 3 heteroatoms. The molecule has 0 spiro atoms. The molecule has 2 aromatic rings. The molecule has 0 heterocycles. The predicted octanol–water partition coefficient (Wildman–Crippen LogP) is 1.26. The fourth-order valence-corrected chi connectivity index (χ4v) is 2.35. The van der Waals surface area contributed by atoms with Gasteiger partial charge in [-0.3, -0.25) is 4.90 Å². The quantitative estimate of drug-likeness (QED) is 0.547. The standard InChI is InChI=1S/C19H24N.BrH.Mg/c1-4-20(14-17-9-6-5-7-10-17)15-18-11-8-12-19(13-18)16(2)3;;/h5-10,12-13,16H,4,14-15H2,1-3H3;1H;/q-1;;+2/p-1. The van der Waals surface area contributed by atoms with Crippen LogP contribution in [-0.2, 0) is 13.1 Å². The molecule has 0 radical (unpaired) electrons. The molecule has 0 unspecified atom stereocenters. The van der Waals surface area contributed by atoms with E-state index >= 15 is 0 Å². The molecule has 114 valence electrons. The van der Waals surface area contributed by atoms with Crippen molar-refractivity contribution >= 4 is 23.1 Å². The number of hydrogen-bond donors (Lipinski definition) is 0. The van der Waals surface area contributed by atoms with E-state index in [1.165, 1.54) is 16.7 Å². The summed E-state index contributed by atoms with van der Waals surface area (Å²) in [6, 6.07) is 20.6. The second-order valence-corrected chi connectivity index (χ2v) is 5.59. The van der Waals surface area contributed by atoms with Crippen molar-refractivity contribution < 1.29 is 17.0 Å². The third-order valence-corrected chi connectivity index (χ3v) is 3.64. The Balaban J connectivity index is 0.00000220. The smallest absolute Gasteiger partial charge is 1.00 e. The summed E-state index contributed by atoms with van der Waals surface area (Å²) in [6.07, 6.45) is 0. The van der Waals surface area contributed by atoms with Crippen molar-refractivity contribution in [3.63, 3.8) is 0 Å². The van der Waals surface area contributed by atoms with Crippen molar-refractivity contribution in [2.75, 3.05) is 6.54 Å². The molecular formula is C19H24BrMgN. The Morgan fingerprint density at radius 3 is 2.32 bits per heavy atom. The van der Waals surface area contributed by atoms with E-state index in [4.69, 9.17) is 0 Å². The van der Waals surface area contributed by atoms with Crippen molar-refractivity contribution in [2.45, 2.75) is 39.8 Å². The van der Waals surface area contributed by atoms with E-state index in [1.807, 2.05) is 0 Å². The molecule has 0 saturated carbocycles. The fraction of sp³-hybridized carbons (Fsp3) is 0.368. The van der Waals surface area contributed by atoms with E-state index in [2.05, 4.69) is 80.3 Å². The molecule has 0 bridgehead atoms.